The number of nitrogens with one attached hydrogen (secondary N) is 2. The number of methoxy groups -OCH3 is 1. The molecule has 0 bridgehead atoms. The zero-order valence-corrected chi connectivity index (χ0v) is 16.2. The van der Waals surface area contributed by atoms with Gasteiger partial charge in [-0.15, -0.1) is 0 Å². The fourth-order valence-corrected chi connectivity index (χ4v) is 2.30. The molecular weight excluding hydrogens is 386 g/mol. The van der Waals surface area contributed by atoms with Gasteiger partial charge in [0.1, 0.15) is 11.6 Å². The van der Waals surface area contributed by atoms with Gasteiger partial charge in [-0.05, 0) is 31.2 Å². The van der Waals surface area contributed by atoms with Crippen LogP contribution >= 0.6 is 11.6 Å². The maximum absolute atomic E-state index is 12.1. The molecule has 0 aliphatic heterocycles. The van der Waals surface area contributed by atoms with Gasteiger partial charge in [-0.2, -0.15) is 0 Å². The monoisotopic (exact) mass is 405 g/mol. The zero-order chi connectivity index (χ0) is 20.5. The van der Waals surface area contributed by atoms with Crippen LogP contribution in [-0.2, 0) is 14.3 Å². The van der Waals surface area contributed by atoms with Crippen LogP contribution in [0.5, 0.6) is 5.75 Å². The van der Waals surface area contributed by atoms with Crippen molar-refractivity contribution >= 4 is 35.2 Å². The normalized spacial score (nSPS) is 11.2. The van der Waals surface area contributed by atoms with Crippen molar-refractivity contribution in [1.29, 1.82) is 0 Å². The van der Waals surface area contributed by atoms with E-state index in [9.17, 15) is 14.4 Å². The van der Waals surface area contributed by atoms with Crippen LogP contribution in [0.15, 0.2) is 42.6 Å². The lowest BCUT2D eigenvalue weighted by Crippen LogP contribution is -2.32. The molecule has 0 saturated heterocycles. The number of para-hydroxylation sites is 1. The summed E-state index contributed by atoms with van der Waals surface area (Å²) in [7, 11) is 1.47. The maximum atomic E-state index is 12.1. The van der Waals surface area contributed by atoms with E-state index in [1.807, 2.05) is 0 Å². The third-order valence-corrected chi connectivity index (χ3v) is 3.85. The number of rotatable bonds is 8. The molecule has 1 heterocycles. The largest absolute Gasteiger partial charge is 0.496 e. The number of anilines is 1. The predicted octanol–water partition coefficient (Wildman–Crippen LogP) is 2.43. The zero-order valence-electron chi connectivity index (χ0n) is 15.4. The van der Waals surface area contributed by atoms with E-state index in [0.29, 0.717) is 22.2 Å². The molecule has 2 amide bonds. The third kappa shape index (κ3) is 6.24. The van der Waals surface area contributed by atoms with Crippen molar-refractivity contribution in [2.45, 2.75) is 19.4 Å². The number of hydrogen-bond donors (Lipinski definition) is 2. The number of nitrogens with zero attached hydrogens (tertiary/aromatic N) is 1. The first kappa shape index (κ1) is 21.2. The second-order valence-corrected chi connectivity index (χ2v) is 6.13. The average Bonchev–Trinajstić information content (AvgIpc) is 2.69. The second-order valence-electron chi connectivity index (χ2n) is 5.69. The molecule has 0 aliphatic rings. The molecule has 0 fully saturated rings. The Hall–Kier alpha value is -3.13. The van der Waals surface area contributed by atoms with Gasteiger partial charge in [0.2, 0.25) is 0 Å². The summed E-state index contributed by atoms with van der Waals surface area (Å²) in [5, 5.41) is 5.56. The Morgan fingerprint density at radius 3 is 2.61 bits per heavy atom. The first-order valence-electron chi connectivity index (χ1n) is 8.44. The molecule has 0 unspecified atom stereocenters. The number of esters is 1. The summed E-state index contributed by atoms with van der Waals surface area (Å²) in [5.74, 6) is -0.789. The van der Waals surface area contributed by atoms with Gasteiger partial charge in [0.05, 0.1) is 24.1 Å². The number of aromatic nitrogens is 1. The van der Waals surface area contributed by atoms with Gasteiger partial charge in [-0.1, -0.05) is 23.7 Å². The first-order chi connectivity index (χ1) is 13.4. The van der Waals surface area contributed by atoms with Crippen LogP contribution in [0.1, 0.15) is 23.7 Å². The highest BCUT2D eigenvalue weighted by molar-refractivity contribution is 6.30. The van der Waals surface area contributed by atoms with Gasteiger partial charge < -0.3 is 20.1 Å². The van der Waals surface area contributed by atoms with Crippen molar-refractivity contribution in [3.63, 3.8) is 0 Å². The fraction of sp³-hybridized carbons (Fsp3) is 0.263. The summed E-state index contributed by atoms with van der Waals surface area (Å²) in [6, 6.07) is 9.84. The van der Waals surface area contributed by atoms with Crippen LogP contribution in [0.3, 0.4) is 0 Å². The number of carbonyl (C=O) groups is 3. The lowest BCUT2D eigenvalue weighted by atomic mass is 10.2. The van der Waals surface area contributed by atoms with Gasteiger partial charge >= 0.3 is 5.97 Å². The molecule has 9 heteroatoms. The second kappa shape index (κ2) is 10.3. The molecule has 2 rings (SSSR count). The van der Waals surface area contributed by atoms with Gasteiger partial charge in [0.25, 0.3) is 11.8 Å². The van der Waals surface area contributed by atoms with E-state index < -0.39 is 18.0 Å². The molecule has 0 radical (unpaired) electrons. The molecule has 2 aromatic rings. The van der Waals surface area contributed by atoms with Gasteiger partial charge in [0, 0.05) is 12.7 Å². The number of pyridine rings is 1. The number of halogens is 1. The molecule has 1 aromatic heterocycles. The summed E-state index contributed by atoms with van der Waals surface area (Å²) in [6.07, 6.45) is 0.283. The van der Waals surface area contributed by atoms with E-state index in [-0.39, 0.29) is 18.9 Å². The van der Waals surface area contributed by atoms with E-state index in [0.717, 1.165) is 0 Å². The minimum Gasteiger partial charge on any atom is -0.496 e. The van der Waals surface area contributed by atoms with Crippen molar-refractivity contribution in [3.8, 4) is 5.75 Å². The van der Waals surface area contributed by atoms with Crippen LogP contribution in [0.25, 0.3) is 0 Å². The summed E-state index contributed by atoms with van der Waals surface area (Å²) in [4.78, 5) is 40.0. The van der Waals surface area contributed by atoms with Crippen LogP contribution < -0.4 is 15.4 Å². The first-order valence-corrected chi connectivity index (χ1v) is 8.81. The van der Waals surface area contributed by atoms with Gasteiger partial charge in [-0.3, -0.25) is 14.4 Å². The van der Waals surface area contributed by atoms with Crippen LogP contribution in [0.4, 0.5) is 5.82 Å². The standard InChI is InChI=1S/C19H20ClN3O5/c1-12(18(25)23-16-8-7-13(20)11-22-16)28-17(24)9-10-21-19(26)14-5-3-4-6-15(14)27-2/h3-8,11-12H,9-10H2,1-2H3,(H,21,26)(H,22,23,25)/t12-/m0/s1. The SMILES string of the molecule is COc1ccccc1C(=O)NCCC(=O)O[C@@H](C)C(=O)Nc1ccc(Cl)cn1. The quantitative estimate of drug-likeness (QED) is 0.653. The number of benzene rings is 1. The van der Waals surface area contributed by atoms with Crippen molar-refractivity contribution in [3.05, 3.63) is 53.2 Å². The Morgan fingerprint density at radius 1 is 1.18 bits per heavy atom. The van der Waals surface area contributed by atoms with Gasteiger partial charge in [0.15, 0.2) is 6.10 Å². The molecule has 1 aromatic carbocycles. The Bertz CT molecular complexity index is 842. The fourth-order valence-electron chi connectivity index (χ4n) is 2.19. The molecule has 1 atom stereocenters. The average molecular weight is 406 g/mol. The summed E-state index contributed by atoms with van der Waals surface area (Å²) in [5.41, 5.74) is 0.363. The van der Waals surface area contributed by atoms with Crippen LogP contribution in [0, 0.1) is 0 Å². The van der Waals surface area contributed by atoms with E-state index in [1.54, 1.807) is 30.3 Å². The van der Waals surface area contributed by atoms with Gasteiger partial charge in [-0.25, -0.2) is 4.98 Å². The Morgan fingerprint density at radius 2 is 1.93 bits per heavy atom. The lowest BCUT2D eigenvalue weighted by Gasteiger charge is -2.13. The number of ether oxygens (including phenoxy) is 2. The van der Waals surface area contributed by atoms with Crippen molar-refractivity contribution < 1.29 is 23.9 Å². The topological polar surface area (TPSA) is 107 Å². The molecule has 8 nitrogen and oxygen atoms in total. The smallest absolute Gasteiger partial charge is 0.308 e. The molecule has 28 heavy (non-hydrogen) atoms. The Kier molecular flexibility index (Phi) is 7.76. The minimum atomic E-state index is -1.02. The van der Waals surface area contributed by atoms with Crippen molar-refractivity contribution in [2.75, 3.05) is 19.0 Å². The van der Waals surface area contributed by atoms with Crippen molar-refractivity contribution in [2.24, 2.45) is 0 Å². The number of hydrogen-bond acceptors (Lipinski definition) is 6. The summed E-state index contributed by atoms with van der Waals surface area (Å²) in [6.45, 7) is 1.50. The molecule has 0 aliphatic carbocycles. The number of amides is 2. The van der Waals surface area contributed by atoms with E-state index in [1.165, 1.54) is 26.3 Å². The van der Waals surface area contributed by atoms with Crippen LogP contribution in [0.2, 0.25) is 5.02 Å². The van der Waals surface area contributed by atoms with E-state index in [4.69, 9.17) is 21.1 Å². The molecule has 2 N–H and O–H groups in total. The summed E-state index contributed by atoms with van der Waals surface area (Å²) < 4.78 is 10.2. The highest BCUT2D eigenvalue weighted by Gasteiger charge is 2.19. The molecule has 0 spiro atoms. The Balaban J connectivity index is 1.76. The lowest BCUT2D eigenvalue weighted by molar-refractivity contribution is -0.153. The maximum Gasteiger partial charge on any atom is 0.308 e. The van der Waals surface area contributed by atoms with E-state index in [2.05, 4.69) is 15.6 Å². The van der Waals surface area contributed by atoms with E-state index >= 15 is 0 Å². The van der Waals surface area contributed by atoms with Crippen molar-refractivity contribution in [1.82, 2.24) is 10.3 Å². The molecule has 0 saturated carbocycles. The highest BCUT2D eigenvalue weighted by atomic mass is 35.5. The highest BCUT2D eigenvalue weighted by Crippen LogP contribution is 2.16. The van der Waals surface area contributed by atoms with Crippen LogP contribution in [-0.4, -0.2) is 42.5 Å². The number of carbonyl (C=O) groups excluding carboxylic acids is 3. The predicted molar refractivity (Wildman–Crippen MR) is 103 cm³/mol. The molecular formula is C19H20ClN3O5. The minimum absolute atomic E-state index is 0.0583. The Labute approximate surface area is 167 Å². The molecule has 148 valence electrons. The third-order valence-electron chi connectivity index (χ3n) is 3.62. The summed E-state index contributed by atoms with van der Waals surface area (Å²) >= 11 is 5.72.